The lowest BCUT2D eigenvalue weighted by atomic mass is 10.1. The van der Waals surface area contributed by atoms with Crippen molar-refractivity contribution in [3.05, 3.63) is 101 Å². The van der Waals surface area contributed by atoms with E-state index < -0.39 is 11.7 Å². The number of benzene rings is 3. The Kier molecular flexibility index (Phi) is 5.85. The van der Waals surface area contributed by atoms with Gasteiger partial charge in [0.15, 0.2) is 0 Å². The van der Waals surface area contributed by atoms with Crippen LogP contribution in [0.2, 0.25) is 0 Å². The predicted octanol–water partition coefficient (Wildman–Crippen LogP) is 4.54. The van der Waals surface area contributed by atoms with Crippen LogP contribution in [0.5, 0.6) is 0 Å². The number of aryl methyl sites for hydroxylation is 2. The topological polar surface area (TPSA) is 91.1 Å². The number of ketones is 1. The van der Waals surface area contributed by atoms with Crippen LogP contribution in [0.4, 0.5) is 5.69 Å². The van der Waals surface area contributed by atoms with Gasteiger partial charge in [0.2, 0.25) is 0 Å². The van der Waals surface area contributed by atoms with Crippen molar-refractivity contribution in [2.45, 2.75) is 20.4 Å². The largest absolute Gasteiger partial charge is 0.358 e. The van der Waals surface area contributed by atoms with Gasteiger partial charge in [0.05, 0.1) is 5.56 Å². The van der Waals surface area contributed by atoms with Gasteiger partial charge in [0, 0.05) is 34.4 Å². The second-order valence-electron chi connectivity index (χ2n) is 7.70. The van der Waals surface area contributed by atoms with Crippen LogP contribution in [0.15, 0.2) is 72.8 Å². The minimum atomic E-state index is -0.674. The standard InChI is InChI=1S/C26H23N3O3/c1-16-10-12-19(13-11-16)25(31)29-20-7-5-6-18(14-20)15-27-26(32)24(30)23-17(2)28-22-9-4-3-8-21(22)23/h3-14,28H,15H2,1-2H3,(H,27,32)(H,29,31). The summed E-state index contributed by atoms with van der Waals surface area (Å²) in [5, 5.41) is 6.27. The van der Waals surface area contributed by atoms with E-state index in [4.69, 9.17) is 0 Å². The molecule has 3 N–H and O–H groups in total. The fourth-order valence-electron chi connectivity index (χ4n) is 3.61. The molecule has 6 heteroatoms. The molecule has 0 aliphatic rings. The number of rotatable bonds is 6. The quantitative estimate of drug-likeness (QED) is 0.313. The van der Waals surface area contributed by atoms with Crippen LogP contribution in [0, 0.1) is 13.8 Å². The van der Waals surface area contributed by atoms with Gasteiger partial charge in [-0.05, 0) is 49.7 Å². The molecule has 160 valence electrons. The predicted molar refractivity (Wildman–Crippen MR) is 125 cm³/mol. The Morgan fingerprint density at radius 1 is 0.875 bits per heavy atom. The number of anilines is 1. The number of para-hydroxylation sites is 1. The SMILES string of the molecule is Cc1ccc(C(=O)Nc2cccc(CNC(=O)C(=O)c3c(C)[nH]c4ccccc34)c2)cc1. The highest BCUT2D eigenvalue weighted by atomic mass is 16.2. The van der Waals surface area contributed by atoms with Crippen LogP contribution < -0.4 is 10.6 Å². The number of nitrogens with one attached hydrogen (secondary N) is 3. The maximum Gasteiger partial charge on any atom is 0.292 e. The number of aromatic nitrogens is 1. The Hall–Kier alpha value is -4.19. The molecule has 0 saturated heterocycles. The van der Waals surface area contributed by atoms with Gasteiger partial charge in [-0.1, -0.05) is 48.0 Å². The zero-order valence-corrected chi connectivity index (χ0v) is 17.9. The lowest BCUT2D eigenvalue weighted by Crippen LogP contribution is -2.30. The molecule has 0 unspecified atom stereocenters. The van der Waals surface area contributed by atoms with Crippen molar-refractivity contribution in [1.82, 2.24) is 10.3 Å². The second-order valence-corrected chi connectivity index (χ2v) is 7.70. The molecular weight excluding hydrogens is 402 g/mol. The zero-order valence-electron chi connectivity index (χ0n) is 17.9. The van der Waals surface area contributed by atoms with Crippen LogP contribution in [0.3, 0.4) is 0 Å². The van der Waals surface area contributed by atoms with E-state index in [0.717, 1.165) is 22.0 Å². The van der Waals surface area contributed by atoms with E-state index in [2.05, 4.69) is 15.6 Å². The van der Waals surface area contributed by atoms with Crippen LogP contribution in [0.25, 0.3) is 10.9 Å². The minimum absolute atomic E-state index is 0.167. The van der Waals surface area contributed by atoms with Gasteiger partial charge >= 0.3 is 0 Å². The van der Waals surface area contributed by atoms with Crippen LogP contribution in [-0.2, 0) is 11.3 Å². The third-order valence-corrected chi connectivity index (χ3v) is 5.28. The number of hydrogen-bond donors (Lipinski definition) is 3. The normalized spacial score (nSPS) is 10.7. The van der Waals surface area contributed by atoms with Crippen molar-refractivity contribution < 1.29 is 14.4 Å². The van der Waals surface area contributed by atoms with E-state index in [1.165, 1.54) is 0 Å². The first-order chi connectivity index (χ1) is 15.4. The van der Waals surface area contributed by atoms with Crippen molar-refractivity contribution in [2.75, 3.05) is 5.32 Å². The Balaban J connectivity index is 1.42. The first-order valence-corrected chi connectivity index (χ1v) is 10.3. The summed E-state index contributed by atoms with van der Waals surface area (Å²) >= 11 is 0. The lowest BCUT2D eigenvalue weighted by molar-refractivity contribution is -0.117. The molecule has 1 aromatic heterocycles. The number of Topliss-reactive ketones (excluding diaryl/α,β-unsaturated/α-hetero) is 1. The maximum atomic E-state index is 12.8. The van der Waals surface area contributed by atoms with Crippen LogP contribution >= 0.6 is 0 Å². The Bertz CT molecular complexity index is 1320. The van der Waals surface area contributed by atoms with Gasteiger partial charge in [-0.25, -0.2) is 0 Å². The summed E-state index contributed by atoms with van der Waals surface area (Å²) in [6.07, 6.45) is 0. The Morgan fingerprint density at radius 2 is 1.62 bits per heavy atom. The van der Waals surface area contributed by atoms with Crippen molar-refractivity contribution in [3.63, 3.8) is 0 Å². The highest BCUT2D eigenvalue weighted by Crippen LogP contribution is 2.22. The lowest BCUT2D eigenvalue weighted by Gasteiger charge is -2.09. The molecule has 0 saturated carbocycles. The minimum Gasteiger partial charge on any atom is -0.358 e. The van der Waals surface area contributed by atoms with Gasteiger partial charge < -0.3 is 15.6 Å². The average molecular weight is 425 g/mol. The molecule has 4 aromatic rings. The number of carbonyl (C=O) groups is 3. The summed E-state index contributed by atoms with van der Waals surface area (Å²) in [6, 6.07) is 21.9. The molecule has 4 rings (SSSR count). The van der Waals surface area contributed by atoms with E-state index in [-0.39, 0.29) is 12.5 Å². The number of carbonyl (C=O) groups excluding carboxylic acids is 3. The first-order valence-electron chi connectivity index (χ1n) is 10.3. The van der Waals surface area contributed by atoms with E-state index in [0.29, 0.717) is 22.5 Å². The third-order valence-electron chi connectivity index (χ3n) is 5.28. The van der Waals surface area contributed by atoms with E-state index >= 15 is 0 Å². The molecule has 0 radical (unpaired) electrons. The molecule has 0 aliphatic heterocycles. The summed E-state index contributed by atoms with van der Waals surface area (Å²) in [5.41, 5.74) is 4.89. The van der Waals surface area contributed by atoms with Gasteiger partial charge in [0.1, 0.15) is 0 Å². The van der Waals surface area contributed by atoms with Crippen LogP contribution in [0.1, 0.15) is 37.5 Å². The zero-order chi connectivity index (χ0) is 22.7. The summed E-state index contributed by atoms with van der Waals surface area (Å²) in [5.74, 6) is -1.47. The van der Waals surface area contributed by atoms with E-state index in [9.17, 15) is 14.4 Å². The van der Waals surface area contributed by atoms with Crippen molar-refractivity contribution >= 4 is 34.2 Å². The number of hydrogen-bond acceptors (Lipinski definition) is 3. The van der Waals surface area contributed by atoms with Crippen molar-refractivity contribution in [2.24, 2.45) is 0 Å². The van der Waals surface area contributed by atoms with E-state index in [1.54, 1.807) is 37.3 Å². The fraction of sp³-hybridized carbons (Fsp3) is 0.115. The van der Waals surface area contributed by atoms with Crippen LogP contribution in [-0.4, -0.2) is 22.6 Å². The molecule has 2 amide bonds. The molecule has 32 heavy (non-hydrogen) atoms. The summed E-state index contributed by atoms with van der Waals surface area (Å²) < 4.78 is 0. The number of H-pyrrole nitrogens is 1. The van der Waals surface area contributed by atoms with Crippen molar-refractivity contribution in [1.29, 1.82) is 0 Å². The maximum absolute atomic E-state index is 12.8. The van der Waals surface area contributed by atoms with Gasteiger partial charge in [-0.2, -0.15) is 0 Å². The Morgan fingerprint density at radius 3 is 2.41 bits per heavy atom. The third kappa shape index (κ3) is 4.44. The smallest absolute Gasteiger partial charge is 0.292 e. The van der Waals surface area contributed by atoms with Gasteiger partial charge in [0.25, 0.3) is 17.6 Å². The molecular formula is C26H23N3O3. The van der Waals surface area contributed by atoms with Gasteiger partial charge in [-0.15, -0.1) is 0 Å². The molecule has 0 fully saturated rings. The molecule has 1 heterocycles. The number of fused-ring (bicyclic) bond motifs is 1. The number of aromatic amines is 1. The molecule has 0 bridgehead atoms. The summed E-state index contributed by atoms with van der Waals surface area (Å²) in [7, 11) is 0. The molecule has 3 aromatic carbocycles. The van der Waals surface area contributed by atoms with Crippen molar-refractivity contribution in [3.8, 4) is 0 Å². The molecule has 0 atom stereocenters. The fourth-order valence-corrected chi connectivity index (χ4v) is 3.61. The first kappa shape index (κ1) is 21.1. The highest BCUT2D eigenvalue weighted by molar-refractivity contribution is 6.45. The highest BCUT2D eigenvalue weighted by Gasteiger charge is 2.22. The Labute approximate surface area is 185 Å². The number of amides is 2. The summed E-state index contributed by atoms with van der Waals surface area (Å²) in [6.45, 7) is 3.91. The average Bonchev–Trinajstić information content (AvgIpc) is 3.13. The second kappa shape index (κ2) is 8.89. The monoisotopic (exact) mass is 425 g/mol. The molecule has 0 spiro atoms. The van der Waals surface area contributed by atoms with E-state index in [1.807, 2.05) is 49.4 Å². The van der Waals surface area contributed by atoms with Gasteiger partial charge in [-0.3, -0.25) is 14.4 Å². The molecule has 6 nitrogen and oxygen atoms in total. The molecule has 0 aliphatic carbocycles. The summed E-state index contributed by atoms with van der Waals surface area (Å²) in [4.78, 5) is 40.9.